The number of nitrogen functional groups attached to an aromatic ring is 1. The number of halogens is 2. The number of carboxylic acids is 1. The Balaban J connectivity index is 1.89. The van der Waals surface area contributed by atoms with E-state index in [9.17, 15) is 24.1 Å². The van der Waals surface area contributed by atoms with E-state index < -0.39 is 62.4 Å². The van der Waals surface area contributed by atoms with E-state index in [4.69, 9.17) is 24.3 Å². The van der Waals surface area contributed by atoms with Crippen LogP contribution in [0.25, 0.3) is 0 Å². The summed E-state index contributed by atoms with van der Waals surface area (Å²) >= 11 is 0. The SMILES string of the molecule is CC(=O)O[C@@H]1[C@@H](COP(=O)(NC(C)C(=O)O)Oc2ccccc2)OC(n2ccc(N)nc2=O)C1(F)F. The molecule has 36 heavy (non-hydrogen) atoms. The van der Waals surface area contributed by atoms with Crippen molar-refractivity contribution in [3.63, 3.8) is 0 Å². The van der Waals surface area contributed by atoms with Crippen molar-refractivity contribution in [2.75, 3.05) is 12.3 Å². The van der Waals surface area contributed by atoms with Gasteiger partial charge >= 0.3 is 31.3 Å². The van der Waals surface area contributed by atoms with Gasteiger partial charge in [-0.2, -0.15) is 18.9 Å². The van der Waals surface area contributed by atoms with Gasteiger partial charge < -0.3 is 24.8 Å². The number of carbonyl (C=O) groups excluding carboxylic acids is 1. The second-order valence-corrected chi connectivity index (χ2v) is 9.35. The van der Waals surface area contributed by atoms with Crippen molar-refractivity contribution < 1.29 is 46.6 Å². The Labute approximate surface area is 202 Å². The van der Waals surface area contributed by atoms with Crippen molar-refractivity contribution in [3.05, 3.63) is 53.1 Å². The maximum absolute atomic E-state index is 15.3. The van der Waals surface area contributed by atoms with Crippen LogP contribution in [-0.4, -0.2) is 57.4 Å². The molecular formula is C20H23F2N4O9P. The number of esters is 1. The third-order valence-electron chi connectivity index (χ3n) is 4.85. The molecule has 1 aliphatic heterocycles. The molecule has 0 bridgehead atoms. The van der Waals surface area contributed by atoms with Gasteiger partial charge in [-0.3, -0.25) is 18.7 Å². The van der Waals surface area contributed by atoms with Crippen LogP contribution in [0, 0.1) is 0 Å². The van der Waals surface area contributed by atoms with E-state index in [0.717, 1.165) is 26.1 Å². The molecule has 1 aromatic heterocycles. The van der Waals surface area contributed by atoms with Gasteiger partial charge in [0.05, 0.1) is 6.61 Å². The minimum Gasteiger partial charge on any atom is -0.480 e. The number of nitrogens with zero attached hydrogens (tertiary/aromatic N) is 2. The van der Waals surface area contributed by atoms with Gasteiger partial charge in [-0.1, -0.05) is 18.2 Å². The number of aromatic nitrogens is 2. The third-order valence-corrected chi connectivity index (χ3v) is 6.49. The van der Waals surface area contributed by atoms with E-state index in [1.165, 1.54) is 12.1 Å². The molecule has 2 aromatic rings. The number of alkyl halides is 2. The third kappa shape index (κ3) is 6.23. The second-order valence-electron chi connectivity index (χ2n) is 7.66. The van der Waals surface area contributed by atoms with E-state index in [0.29, 0.717) is 4.57 Å². The molecule has 2 heterocycles. The summed E-state index contributed by atoms with van der Waals surface area (Å²) < 4.78 is 65.0. The predicted octanol–water partition coefficient (Wildman–Crippen LogP) is 1.56. The fraction of sp³-hybridized carbons (Fsp3) is 0.400. The zero-order valence-electron chi connectivity index (χ0n) is 18.9. The number of hydrogen-bond donors (Lipinski definition) is 3. The first-order valence-corrected chi connectivity index (χ1v) is 11.9. The van der Waals surface area contributed by atoms with Gasteiger partial charge in [0.1, 0.15) is 23.7 Å². The summed E-state index contributed by atoms with van der Waals surface area (Å²) in [5, 5.41) is 11.4. The van der Waals surface area contributed by atoms with Gasteiger partial charge in [-0.15, -0.1) is 0 Å². The highest BCUT2D eigenvalue weighted by Crippen LogP contribution is 2.48. The fourth-order valence-corrected chi connectivity index (χ4v) is 4.71. The molecule has 4 N–H and O–H groups in total. The fourth-order valence-electron chi connectivity index (χ4n) is 3.21. The summed E-state index contributed by atoms with van der Waals surface area (Å²) in [7, 11) is -4.51. The Kier molecular flexibility index (Phi) is 8.09. The van der Waals surface area contributed by atoms with Gasteiger partial charge in [-0.05, 0) is 25.1 Å². The molecule has 0 amide bonds. The molecule has 13 nitrogen and oxygen atoms in total. The molecule has 196 valence electrons. The first kappa shape index (κ1) is 27.2. The minimum atomic E-state index is -4.51. The topological polar surface area (TPSA) is 181 Å². The van der Waals surface area contributed by atoms with Crippen LogP contribution in [-0.2, 0) is 28.2 Å². The van der Waals surface area contributed by atoms with Crippen LogP contribution in [0.2, 0.25) is 0 Å². The molecule has 0 radical (unpaired) electrons. The summed E-state index contributed by atoms with van der Waals surface area (Å²) in [6.45, 7) is 1.13. The number of ether oxygens (including phenoxy) is 2. The lowest BCUT2D eigenvalue weighted by Gasteiger charge is -2.25. The molecule has 5 atom stereocenters. The summed E-state index contributed by atoms with van der Waals surface area (Å²) in [5.41, 5.74) is 4.24. The molecule has 0 aliphatic carbocycles. The van der Waals surface area contributed by atoms with Gasteiger partial charge in [0.15, 0.2) is 6.10 Å². The summed E-state index contributed by atoms with van der Waals surface area (Å²) in [6.07, 6.45) is -5.38. The van der Waals surface area contributed by atoms with Crippen molar-refractivity contribution in [2.45, 2.75) is 44.2 Å². The smallest absolute Gasteiger partial charge is 0.459 e. The second kappa shape index (κ2) is 10.7. The highest BCUT2D eigenvalue weighted by Gasteiger charge is 2.62. The average molecular weight is 532 g/mol. The lowest BCUT2D eigenvalue weighted by Crippen LogP contribution is -2.44. The normalized spacial score (nSPS) is 23.4. The molecule has 1 aromatic carbocycles. The molecular weight excluding hydrogens is 509 g/mol. The van der Waals surface area contributed by atoms with Crippen molar-refractivity contribution in [1.29, 1.82) is 0 Å². The zero-order valence-corrected chi connectivity index (χ0v) is 19.8. The largest absolute Gasteiger partial charge is 0.480 e. The standard InChI is InChI=1S/C20H23F2N4O9P/c1-11(17(28)29)25-36(31,35-13-6-4-3-5-7-13)32-10-14-16(33-12(2)27)20(21,22)18(34-14)26-9-8-15(23)24-19(26)30/h3-9,11,14,16,18H,10H2,1-2H3,(H,25,31)(H,28,29)(H2,23,24,30)/t11?,14-,16-,18?,36?/m1/s1. The monoisotopic (exact) mass is 532 g/mol. The molecule has 1 saturated heterocycles. The van der Waals surface area contributed by atoms with Crippen LogP contribution >= 0.6 is 7.75 Å². The lowest BCUT2D eigenvalue weighted by molar-refractivity contribution is -0.174. The van der Waals surface area contributed by atoms with E-state index in [2.05, 4.69) is 10.1 Å². The quantitative estimate of drug-likeness (QED) is 0.297. The molecule has 0 spiro atoms. The van der Waals surface area contributed by atoms with Crippen molar-refractivity contribution in [2.24, 2.45) is 0 Å². The summed E-state index contributed by atoms with van der Waals surface area (Å²) in [4.78, 5) is 38.3. The summed E-state index contributed by atoms with van der Waals surface area (Å²) in [6, 6.07) is 7.19. The maximum atomic E-state index is 15.3. The zero-order chi connectivity index (χ0) is 26.7. The Bertz CT molecular complexity index is 1210. The highest BCUT2D eigenvalue weighted by molar-refractivity contribution is 7.52. The number of anilines is 1. The Morgan fingerprint density at radius 2 is 2.00 bits per heavy atom. The number of carboxylic acid groups (broad SMARTS) is 1. The number of para-hydroxylation sites is 1. The van der Waals surface area contributed by atoms with Gasteiger partial charge in [-0.25, -0.2) is 9.36 Å². The molecule has 0 saturated carbocycles. The lowest BCUT2D eigenvalue weighted by atomic mass is 10.1. The first-order valence-electron chi connectivity index (χ1n) is 10.4. The van der Waals surface area contributed by atoms with Crippen LogP contribution in [0.5, 0.6) is 5.75 Å². The average Bonchev–Trinajstić information content (AvgIpc) is 3.02. The predicted molar refractivity (Wildman–Crippen MR) is 118 cm³/mol. The minimum absolute atomic E-state index is 0.0255. The number of hydrogen-bond acceptors (Lipinski definition) is 10. The molecule has 1 fully saturated rings. The number of nitrogens with one attached hydrogen (secondary N) is 1. The highest BCUT2D eigenvalue weighted by atomic mass is 31.2. The molecule has 3 unspecified atom stereocenters. The Morgan fingerprint density at radius 1 is 1.33 bits per heavy atom. The van der Waals surface area contributed by atoms with E-state index in [-0.39, 0.29) is 11.6 Å². The van der Waals surface area contributed by atoms with Crippen molar-refractivity contribution in [3.8, 4) is 5.75 Å². The van der Waals surface area contributed by atoms with E-state index >= 15 is 8.78 Å². The van der Waals surface area contributed by atoms with Crippen molar-refractivity contribution >= 4 is 25.5 Å². The van der Waals surface area contributed by atoms with Crippen LogP contribution in [0.4, 0.5) is 14.6 Å². The van der Waals surface area contributed by atoms with Crippen LogP contribution < -0.4 is 21.0 Å². The van der Waals surface area contributed by atoms with Crippen LogP contribution in [0.15, 0.2) is 47.4 Å². The number of nitrogens with two attached hydrogens (primary N) is 1. The van der Waals surface area contributed by atoms with Gasteiger partial charge in [0, 0.05) is 13.1 Å². The van der Waals surface area contributed by atoms with Crippen LogP contribution in [0.3, 0.4) is 0 Å². The number of aliphatic carboxylic acids is 1. The number of rotatable bonds is 10. The van der Waals surface area contributed by atoms with Gasteiger partial charge in [0.2, 0.25) is 6.23 Å². The Hall–Kier alpha value is -3.39. The van der Waals surface area contributed by atoms with Gasteiger partial charge in [0.25, 0.3) is 0 Å². The summed E-state index contributed by atoms with van der Waals surface area (Å²) in [5.74, 6) is -6.64. The van der Waals surface area contributed by atoms with Crippen LogP contribution in [0.1, 0.15) is 20.1 Å². The molecule has 1 aliphatic rings. The maximum Gasteiger partial charge on any atom is 0.459 e. The number of benzene rings is 1. The molecule has 16 heteroatoms. The van der Waals surface area contributed by atoms with Crippen molar-refractivity contribution in [1.82, 2.24) is 14.6 Å². The number of carbonyl (C=O) groups is 2. The molecule has 3 rings (SSSR count). The first-order chi connectivity index (χ1) is 16.8. The Morgan fingerprint density at radius 3 is 2.58 bits per heavy atom. The van der Waals surface area contributed by atoms with E-state index in [1.54, 1.807) is 18.2 Å². The van der Waals surface area contributed by atoms with E-state index in [1.807, 2.05) is 0 Å².